The van der Waals surface area contributed by atoms with Gasteiger partial charge in [-0.15, -0.1) is 0 Å². The lowest BCUT2D eigenvalue weighted by Crippen LogP contribution is -2.38. The van der Waals surface area contributed by atoms with Gasteiger partial charge in [0, 0.05) is 14.7 Å². The molecule has 0 N–H and O–H groups in total. The van der Waals surface area contributed by atoms with Gasteiger partial charge in [-0.25, -0.2) is 3.63 Å². The molecule has 0 heterocycles. The van der Waals surface area contributed by atoms with Crippen LogP contribution in [0.3, 0.4) is 0 Å². The Morgan fingerprint density at radius 2 is 1.09 bits per heavy atom. The minimum absolute atomic E-state index is 0.164. The first-order chi connectivity index (χ1) is 16.7. The molecule has 0 aliphatic heterocycles. The first kappa shape index (κ1) is 27.3. The van der Waals surface area contributed by atoms with Gasteiger partial charge in [0.25, 0.3) is 10.1 Å². The van der Waals surface area contributed by atoms with Crippen LogP contribution in [-0.2, 0) is 13.7 Å². The summed E-state index contributed by atoms with van der Waals surface area (Å²) in [5.41, 5.74) is 0. The number of benzene rings is 3. The predicted molar refractivity (Wildman–Crippen MR) is 135 cm³/mol. The molecule has 0 radical (unpaired) electrons. The fourth-order valence-corrected chi connectivity index (χ4v) is 9.64. The van der Waals surface area contributed by atoms with Crippen LogP contribution in [0.25, 0.3) is 0 Å². The highest BCUT2D eigenvalue weighted by molar-refractivity contribution is 8.33. The highest BCUT2D eigenvalue weighted by Gasteiger charge is 2.52. The molecule has 190 valence electrons. The predicted octanol–water partition coefficient (Wildman–Crippen LogP) is 8.52. The molecule has 0 saturated carbocycles. The molecule has 0 aliphatic carbocycles. The summed E-state index contributed by atoms with van der Waals surface area (Å²) in [4.78, 5) is 1.51. The van der Waals surface area contributed by atoms with Crippen LogP contribution >= 0.6 is 10.3 Å². The number of hydrogen-bond acceptors (Lipinski definition) is 3. The zero-order chi connectivity index (χ0) is 25.4. The van der Waals surface area contributed by atoms with E-state index < -0.39 is 38.3 Å². The van der Waals surface area contributed by atoms with Crippen molar-refractivity contribution in [3.63, 3.8) is 0 Å². The Hall–Kier alpha value is -2.29. The van der Waals surface area contributed by atoms with Gasteiger partial charge in [0.1, 0.15) is 0 Å². The van der Waals surface area contributed by atoms with Crippen LogP contribution in [0, 0.1) is 0 Å². The van der Waals surface area contributed by atoms with Crippen LogP contribution < -0.4 is 0 Å². The molecular weight excluding hydrogens is 493 g/mol. The van der Waals surface area contributed by atoms with Gasteiger partial charge >= 0.3 is 6.18 Å². The lowest BCUT2D eigenvalue weighted by molar-refractivity contribution is -0.132. The van der Waals surface area contributed by atoms with Gasteiger partial charge in [0.2, 0.25) is 0 Å². The largest absolute Gasteiger partial charge is 0.407 e. The highest BCUT2D eigenvalue weighted by atomic mass is 32.3. The molecule has 1 atom stereocenters. The van der Waals surface area contributed by atoms with Gasteiger partial charge in [-0.05, 0) is 53.1 Å². The molecule has 3 aromatic carbocycles. The van der Waals surface area contributed by atoms with Crippen LogP contribution in [0.2, 0.25) is 0 Å². The van der Waals surface area contributed by atoms with E-state index in [1.54, 1.807) is 91.0 Å². The second-order valence-electron chi connectivity index (χ2n) is 8.29. The molecule has 0 aromatic heterocycles. The van der Waals surface area contributed by atoms with E-state index in [0.717, 1.165) is 19.3 Å². The van der Waals surface area contributed by atoms with Crippen molar-refractivity contribution in [3.8, 4) is 0 Å². The summed E-state index contributed by atoms with van der Waals surface area (Å²) < 4.78 is 75.3. The number of unbranched alkanes of at least 4 members (excludes halogenated alkanes) is 4. The molecule has 0 amide bonds. The third-order valence-electron chi connectivity index (χ3n) is 5.71. The summed E-state index contributed by atoms with van der Waals surface area (Å²) in [5.74, 6) is 0. The van der Waals surface area contributed by atoms with Crippen molar-refractivity contribution >= 4 is 20.4 Å². The quantitative estimate of drug-likeness (QED) is 0.223. The molecular formula is C27H31F3O3S2. The third-order valence-corrected chi connectivity index (χ3v) is 11.3. The first-order valence-corrected chi connectivity index (χ1v) is 14.7. The molecule has 3 aromatic rings. The van der Waals surface area contributed by atoms with E-state index in [9.17, 15) is 21.6 Å². The van der Waals surface area contributed by atoms with Gasteiger partial charge in [0.05, 0.1) is 0 Å². The molecule has 1 unspecified atom stereocenters. The Labute approximate surface area is 208 Å². The van der Waals surface area contributed by atoms with E-state index in [2.05, 4.69) is 0 Å². The van der Waals surface area contributed by atoms with E-state index in [1.165, 1.54) is 0 Å². The zero-order valence-corrected chi connectivity index (χ0v) is 21.3. The number of alkyl halides is 3. The molecule has 0 aliphatic rings. The van der Waals surface area contributed by atoms with E-state index in [-0.39, 0.29) is 6.42 Å². The Morgan fingerprint density at radius 1 is 0.686 bits per heavy atom. The summed E-state index contributed by atoms with van der Waals surface area (Å²) in [7, 11) is -8.09. The van der Waals surface area contributed by atoms with Crippen molar-refractivity contribution in [1.29, 1.82) is 0 Å². The second-order valence-corrected chi connectivity index (χ2v) is 12.9. The molecule has 8 heteroatoms. The summed E-state index contributed by atoms with van der Waals surface area (Å²) in [6.45, 7) is 2.01. The van der Waals surface area contributed by atoms with Gasteiger partial charge in [0.15, 0.2) is 5.25 Å². The van der Waals surface area contributed by atoms with Gasteiger partial charge in [-0.3, -0.25) is 0 Å². The van der Waals surface area contributed by atoms with E-state index >= 15 is 0 Å². The molecule has 0 fully saturated rings. The number of halogens is 3. The van der Waals surface area contributed by atoms with Crippen molar-refractivity contribution < 1.29 is 25.2 Å². The maximum atomic E-state index is 14.1. The third kappa shape index (κ3) is 6.68. The summed E-state index contributed by atoms with van der Waals surface area (Å²) in [6.07, 6.45) is -2.14. The molecule has 35 heavy (non-hydrogen) atoms. The lowest BCUT2D eigenvalue weighted by Gasteiger charge is -2.40. The van der Waals surface area contributed by atoms with Crippen LogP contribution in [-0.4, -0.2) is 19.8 Å². The van der Waals surface area contributed by atoms with Crippen molar-refractivity contribution in [3.05, 3.63) is 91.0 Å². The number of rotatable bonds is 12. The maximum Gasteiger partial charge on any atom is 0.407 e. The van der Waals surface area contributed by atoms with Crippen LogP contribution in [0.5, 0.6) is 0 Å². The van der Waals surface area contributed by atoms with Crippen molar-refractivity contribution in [2.75, 3.05) is 0 Å². The Bertz CT molecular complexity index is 1040. The monoisotopic (exact) mass is 524 g/mol. The van der Waals surface area contributed by atoms with Crippen LogP contribution in [0.4, 0.5) is 13.2 Å². The SMILES string of the molecule is CCCCCCCC(C(F)(F)F)S(=O)(=O)OS(c1ccccc1)(c1ccccc1)c1ccccc1. The minimum atomic E-state index is -5.06. The van der Waals surface area contributed by atoms with Gasteiger partial charge in [-0.1, -0.05) is 93.6 Å². The fourth-order valence-electron chi connectivity index (χ4n) is 3.96. The topological polar surface area (TPSA) is 43.4 Å². The Kier molecular flexibility index (Phi) is 9.44. The Morgan fingerprint density at radius 3 is 1.46 bits per heavy atom. The van der Waals surface area contributed by atoms with Crippen molar-refractivity contribution in [1.82, 2.24) is 0 Å². The molecule has 0 saturated heterocycles. The van der Waals surface area contributed by atoms with E-state index in [4.69, 9.17) is 3.63 Å². The normalized spacial score (nSPS) is 13.9. The summed E-state index contributed by atoms with van der Waals surface area (Å²) in [6, 6.07) is 25.9. The molecule has 0 bridgehead atoms. The Balaban J connectivity index is 2.13. The van der Waals surface area contributed by atoms with Gasteiger partial charge in [-0.2, -0.15) is 21.6 Å². The molecule has 0 spiro atoms. The second kappa shape index (κ2) is 12.1. The maximum absolute atomic E-state index is 14.1. The molecule has 3 rings (SSSR count). The van der Waals surface area contributed by atoms with Crippen LogP contribution in [0.15, 0.2) is 106 Å². The highest BCUT2D eigenvalue weighted by Crippen LogP contribution is 2.70. The number of hydrogen-bond donors (Lipinski definition) is 0. The minimum Gasteiger partial charge on any atom is -0.206 e. The first-order valence-electron chi connectivity index (χ1n) is 11.7. The molecule has 3 nitrogen and oxygen atoms in total. The lowest BCUT2D eigenvalue weighted by atomic mass is 10.1. The summed E-state index contributed by atoms with van der Waals surface area (Å²) >= 11 is 0. The van der Waals surface area contributed by atoms with Crippen molar-refractivity contribution in [2.24, 2.45) is 0 Å². The average Bonchev–Trinajstić information content (AvgIpc) is 2.85. The summed E-state index contributed by atoms with van der Waals surface area (Å²) in [5, 5.41) is -2.60. The van der Waals surface area contributed by atoms with Crippen molar-refractivity contribution in [2.45, 2.75) is 71.6 Å². The van der Waals surface area contributed by atoms with Crippen LogP contribution in [0.1, 0.15) is 45.4 Å². The van der Waals surface area contributed by atoms with Gasteiger partial charge < -0.3 is 0 Å². The average molecular weight is 525 g/mol. The van der Waals surface area contributed by atoms with E-state index in [0.29, 0.717) is 21.1 Å². The van der Waals surface area contributed by atoms with E-state index in [1.807, 2.05) is 6.92 Å². The smallest absolute Gasteiger partial charge is 0.206 e. The fraction of sp³-hybridized carbons (Fsp3) is 0.333. The zero-order valence-electron chi connectivity index (χ0n) is 19.7. The standard InChI is InChI=1S/C27H31F3O3S2/c1-2-3-4-5-15-22-26(27(28,29)30)35(31,32)33-34(23-16-9-6-10-17-23,24-18-11-7-12-19-24)25-20-13-8-14-21-25/h6-14,16-21,26H,2-5,15,22H2,1H3.